The molecule has 2 saturated heterocycles. The Hall–Kier alpha value is -0.820. The van der Waals surface area contributed by atoms with Gasteiger partial charge >= 0.3 is 0 Å². The minimum atomic E-state index is 0. The third-order valence-electron chi connectivity index (χ3n) is 4.37. The largest absolute Gasteiger partial charge is 0.483 e. The SMILES string of the molecule is Cl.O=C(COc1ccccc1Br)N1CCC(N2CCNCC2)C1. The van der Waals surface area contributed by atoms with Crippen LogP contribution in [-0.2, 0) is 4.79 Å². The zero-order valence-corrected chi connectivity index (χ0v) is 15.4. The summed E-state index contributed by atoms with van der Waals surface area (Å²) in [5.41, 5.74) is 0. The molecule has 5 nitrogen and oxygen atoms in total. The number of hydrogen-bond donors (Lipinski definition) is 1. The summed E-state index contributed by atoms with van der Waals surface area (Å²) in [6.45, 7) is 6.05. The van der Waals surface area contributed by atoms with Crippen molar-refractivity contribution in [3.8, 4) is 5.75 Å². The minimum absolute atomic E-state index is 0. The highest BCUT2D eigenvalue weighted by atomic mass is 79.9. The van der Waals surface area contributed by atoms with Gasteiger partial charge in [-0.25, -0.2) is 0 Å². The lowest BCUT2D eigenvalue weighted by Gasteiger charge is -2.32. The van der Waals surface area contributed by atoms with E-state index in [0.717, 1.165) is 50.2 Å². The zero-order valence-electron chi connectivity index (χ0n) is 13.0. The summed E-state index contributed by atoms with van der Waals surface area (Å²) >= 11 is 3.43. The molecule has 3 rings (SSSR count). The summed E-state index contributed by atoms with van der Waals surface area (Å²) < 4.78 is 6.51. The maximum Gasteiger partial charge on any atom is 0.260 e. The summed E-state index contributed by atoms with van der Waals surface area (Å²) in [5, 5.41) is 3.37. The van der Waals surface area contributed by atoms with E-state index in [1.54, 1.807) is 0 Å². The molecule has 128 valence electrons. The second kappa shape index (κ2) is 8.87. The summed E-state index contributed by atoms with van der Waals surface area (Å²) in [7, 11) is 0. The van der Waals surface area contributed by atoms with Crippen LogP contribution in [0.4, 0.5) is 0 Å². The Morgan fingerprint density at radius 2 is 2.00 bits per heavy atom. The molecule has 0 aromatic heterocycles. The molecule has 2 heterocycles. The first-order chi connectivity index (χ1) is 10.7. The smallest absolute Gasteiger partial charge is 0.260 e. The molecule has 2 aliphatic heterocycles. The third-order valence-corrected chi connectivity index (χ3v) is 5.03. The Labute approximate surface area is 151 Å². The van der Waals surface area contributed by atoms with E-state index in [9.17, 15) is 4.79 Å². The van der Waals surface area contributed by atoms with E-state index in [-0.39, 0.29) is 24.9 Å². The van der Waals surface area contributed by atoms with E-state index in [2.05, 4.69) is 26.1 Å². The van der Waals surface area contributed by atoms with Gasteiger partial charge in [0.2, 0.25) is 0 Å². The molecular formula is C16H23BrClN3O2. The minimum Gasteiger partial charge on any atom is -0.483 e. The fourth-order valence-corrected chi connectivity index (χ4v) is 3.51. The van der Waals surface area contributed by atoms with E-state index in [1.165, 1.54) is 0 Å². The summed E-state index contributed by atoms with van der Waals surface area (Å²) in [6.07, 6.45) is 1.07. The van der Waals surface area contributed by atoms with Crippen LogP contribution in [0.5, 0.6) is 5.75 Å². The molecule has 7 heteroatoms. The van der Waals surface area contributed by atoms with Gasteiger partial charge in [-0.05, 0) is 34.5 Å². The van der Waals surface area contributed by atoms with Crippen molar-refractivity contribution in [2.75, 3.05) is 45.9 Å². The number of rotatable bonds is 4. The van der Waals surface area contributed by atoms with Crippen LogP contribution >= 0.6 is 28.3 Å². The van der Waals surface area contributed by atoms with Gasteiger partial charge in [0, 0.05) is 45.3 Å². The van der Waals surface area contributed by atoms with Gasteiger partial charge in [0.05, 0.1) is 4.47 Å². The molecule has 0 spiro atoms. The van der Waals surface area contributed by atoms with E-state index in [0.29, 0.717) is 11.8 Å². The first-order valence-electron chi connectivity index (χ1n) is 7.84. The quantitative estimate of drug-likeness (QED) is 0.830. The fourth-order valence-electron chi connectivity index (χ4n) is 3.11. The summed E-state index contributed by atoms with van der Waals surface area (Å²) in [6, 6.07) is 8.12. The highest BCUT2D eigenvalue weighted by Gasteiger charge is 2.30. The predicted molar refractivity (Wildman–Crippen MR) is 96.3 cm³/mol. The number of hydrogen-bond acceptors (Lipinski definition) is 4. The van der Waals surface area contributed by atoms with Gasteiger partial charge in [0.15, 0.2) is 6.61 Å². The van der Waals surface area contributed by atoms with Gasteiger partial charge in [-0.3, -0.25) is 9.69 Å². The number of carbonyl (C=O) groups excluding carboxylic acids is 1. The molecule has 0 bridgehead atoms. The van der Waals surface area contributed by atoms with Crippen LogP contribution in [-0.4, -0.2) is 67.6 Å². The van der Waals surface area contributed by atoms with Crippen molar-refractivity contribution in [2.45, 2.75) is 12.5 Å². The lowest BCUT2D eigenvalue weighted by molar-refractivity contribution is -0.132. The second-order valence-corrected chi connectivity index (χ2v) is 6.64. The van der Waals surface area contributed by atoms with Crippen LogP contribution < -0.4 is 10.1 Å². The standard InChI is InChI=1S/C16H22BrN3O2.ClH/c17-14-3-1-2-4-15(14)22-12-16(21)20-8-5-13(11-20)19-9-6-18-7-10-19;/h1-4,13,18H,5-12H2;1H. The van der Waals surface area contributed by atoms with Gasteiger partial charge in [0.25, 0.3) is 5.91 Å². The molecule has 1 N–H and O–H groups in total. The number of piperazine rings is 1. The van der Waals surface area contributed by atoms with Crippen LogP contribution in [0.25, 0.3) is 0 Å². The number of halogens is 2. The van der Waals surface area contributed by atoms with Crippen molar-refractivity contribution >= 4 is 34.2 Å². The van der Waals surface area contributed by atoms with Gasteiger partial charge < -0.3 is 15.0 Å². The van der Waals surface area contributed by atoms with Crippen molar-refractivity contribution in [3.63, 3.8) is 0 Å². The molecule has 2 fully saturated rings. The highest BCUT2D eigenvalue weighted by molar-refractivity contribution is 9.10. The molecule has 0 radical (unpaired) electrons. The van der Waals surface area contributed by atoms with Gasteiger partial charge in [-0.2, -0.15) is 0 Å². The Kier molecular flexibility index (Phi) is 7.14. The molecule has 1 amide bonds. The summed E-state index contributed by atoms with van der Waals surface area (Å²) in [4.78, 5) is 16.7. The molecule has 1 atom stereocenters. The first-order valence-corrected chi connectivity index (χ1v) is 8.63. The maximum absolute atomic E-state index is 12.3. The molecule has 0 saturated carbocycles. The van der Waals surface area contributed by atoms with Crippen LogP contribution in [0.2, 0.25) is 0 Å². The van der Waals surface area contributed by atoms with Crippen molar-refractivity contribution in [1.82, 2.24) is 15.1 Å². The number of nitrogens with zero attached hydrogens (tertiary/aromatic N) is 2. The summed E-state index contributed by atoms with van der Waals surface area (Å²) in [5.74, 6) is 0.794. The van der Waals surface area contributed by atoms with E-state index in [4.69, 9.17) is 4.74 Å². The number of nitrogens with one attached hydrogen (secondary N) is 1. The van der Waals surface area contributed by atoms with E-state index >= 15 is 0 Å². The molecule has 0 aliphatic carbocycles. The number of benzene rings is 1. The predicted octanol–water partition coefficient (Wildman–Crippen LogP) is 1.76. The molecular weight excluding hydrogens is 382 g/mol. The Balaban J connectivity index is 0.00000192. The molecule has 1 unspecified atom stereocenters. The maximum atomic E-state index is 12.3. The fraction of sp³-hybridized carbons (Fsp3) is 0.562. The van der Waals surface area contributed by atoms with Crippen LogP contribution in [0.3, 0.4) is 0 Å². The number of amides is 1. The normalized spacial score (nSPS) is 21.8. The average Bonchev–Trinajstić information content (AvgIpc) is 3.05. The van der Waals surface area contributed by atoms with Crippen LogP contribution in [0.15, 0.2) is 28.7 Å². The van der Waals surface area contributed by atoms with Crippen molar-refractivity contribution in [1.29, 1.82) is 0 Å². The number of likely N-dealkylation sites (tertiary alicyclic amines) is 1. The molecule has 1 aromatic carbocycles. The zero-order chi connectivity index (χ0) is 15.4. The van der Waals surface area contributed by atoms with Crippen molar-refractivity contribution in [3.05, 3.63) is 28.7 Å². The van der Waals surface area contributed by atoms with Gasteiger partial charge in [0.1, 0.15) is 5.75 Å². The second-order valence-electron chi connectivity index (χ2n) is 5.79. The number of carbonyl (C=O) groups is 1. The Morgan fingerprint density at radius 3 is 2.74 bits per heavy atom. The average molecular weight is 405 g/mol. The lowest BCUT2D eigenvalue weighted by Crippen LogP contribution is -2.49. The van der Waals surface area contributed by atoms with Crippen molar-refractivity contribution < 1.29 is 9.53 Å². The van der Waals surface area contributed by atoms with E-state index in [1.807, 2.05) is 29.2 Å². The monoisotopic (exact) mass is 403 g/mol. The topological polar surface area (TPSA) is 44.8 Å². The molecule has 23 heavy (non-hydrogen) atoms. The lowest BCUT2D eigenvalue weighted by atomic mass is 10.2. The first kappa shape index (κ1) is 18.5. The Morgan fingerprint density at radius 1 is 1.26 bits per heavy atom. The van der Waals surface area contributed by atoms with Crippen molar-refractivity contribution in [2.24, 2.45) is 0 Å². The van der Waals surface area contributed by atoms with Crippen LogP contribution in [0.1, 0.15) is 6.42 Å². The molecule has 1 aromatic rings. The third kappa shape index (κ3) is 4.83. The van der Waals surface area contributed by atoms with Crippen LogP contribution in [0, 0.1) is 0 Å². The van der Waals surface area contributed by atoms with E-state index < -0.39 is 0 Å². The highest BCUT2D eigenvalue weighted by Crippen LogP contribution is 2.24. The number of para-hydroxylation sites is 1. The number of ether oxygens (including phenoxy) is 1. The Bertz CT molecular complexity index is 526. The molecule has 2 aliphatic rings. The van der Waals surface area contributed by atoms with Gasteiger partial charge in [-0.15, -0.1) is 12.4 Å². The van der Waals surface area contributed by atoms with Gasteiger partial charge in [-0.1, -0.05) is 12.1 Å².